The Labute approximate surface area is 129 Å². The van der Waals surface area contributed by atoms with Gasteiger partial charge in [-0.05, 0) is 38.5 Å². The molecule has 0 radical (unpaired) electrons. The van der Waals surface area contributed by atoms with E-state index in [1.54, 1.807) is 0 Å². The molecule has 2 N–H and O–H groups in total. The lowest BCUT2D eigenvalue weighted by molar-refractivity contribution is -0.127. The van der Waals surface area contributed by atoms with E-state index in [0.717, 1.165) is 44.8 Å². The van der Waals surface area contributed by atoms with Gasteiger partial charge in [-0.1, -0.05) is 26.7 Å². The normalized spacial score (nSPS) is 21.5. The number of carbonyl (C=O) groups is 1. The number of carbonyl (C=O) groups excluding carboxylic acids is 1. The first-order chi connectivity index (χ1) is 10.1. The molecule has 2 fully saturated rings. The number of hydrogen-bond donors (Lipinski definition) is 2. The monoisotopic (exact) mass is 296 g/mol. The Morgan fingerprint density at radius 1 is 1.14 bits per heavy atom. The molecule has 1 saturated carbocycles. The molecule has 0 unspecified atom stereocenters. The molecule has 1 aliphatic carbocycles. The largest absolute Gasteiger partial charge is 0.389 e. The molecule has 0 aromatic heterocycles. The number of aliphatic hydroxyl groups is 1. The lowest BCUT2D eigenvalue weighted by atomic mass is 9.89. The van der Waals surface area contributed by atoms with Crippen molar-refractivity contribution < 1.29 is 9.90 Å². The maximum absolute atomic E-state index is 12.2. The molecule has 0 atom stereocenters. The molecule has 0 aromatic rings. The van der Waals surface area contributed by atoms with Crippen LogP contribution in [0.5, 0.6) is 0 Å². The highest BCUT2D eigenvalue weighted by atomic mass is 16.3. The second-order valence-corrected chi connectivity index (χ2v) is 7.01. The summed E-state index contributed by atoms with van der Waals surface area (Å²) in [6, 6.07) is 1.14. The number of hydrogen-bond acceptors (Lipinski definition) is 3. The average molecular weight is 296 g/mol. The summed E-state index contributed by atoms with van der Waals surface area (Å²) in [5.41, 5.74) is -0.803. The molecule has 1 amide bonds. The summed E-state index contributed by atoms with van der Waals surface area (Å²) in [6.07, 6.45) is 8.37. The SMILES string of the molecule is CCCC(O)(CCC)CC(=O)NC1CCN(C2CC2)CC1. The van der Waals surface area contributed by atoms with Crippen molar-refractivity contribution in [3.8, 4) is 0 Å². The van der Waals surface area contributed by atoms with E-state index >= 15 is 0 Å². The molecule has 0 aromatic carbocycles. The highest BCUT2D eigenvalue weighted by Crippen LogP contribution is 2.29. The standard InChI is InChI=1S/C17H32N2O2/c1-3-9-17(21,10-4-2)13-16(20)18-14-7-11-19(12-8-14)15-5-6-15/h14-15,21H,3-13H2,1-2H3,(H,18,20). The van der Waals surface area contributed by atoms with Crippen LogP contribution in [0.1, 0.15) is 71.6 Å². The number of piperidine rings is 1. The minimum Gasteiger partial charge on any atom is -0.389 e. The molecule has 0 bridgehead atoms. The van der Waals surface area contributed by atoms with Gasteiger partial charge in [0.1, 0.15) is 0 Å². The summed E-state index contributed by atoms with van der Waals surface area (Å²) in [6.45, 7) is 6.35. The Balaban J connectivity index is 1.73. The second-order valence-electron chi connectivity index (χ2n) is 7.01. The predicted molar refractivity (Wildman–Crippen MR) is 85.1 cm³/mol. The highest BCUT2D eigenvalue weighted by molar-refractivity contribution is 5.77. The van der Waals surface area contributed by atoms with Crippen LogP contribution >= 0.6 is 0 Å². The zero-order valence-electron chi connectivity index (χ0n) is 13.7. The van der Waals surface area contributed by atoms with Gasteiger partial charge in [0, 0.05) is 25.2 Å². The first-order valence-corrected chi connectivity index (χ1v) is 8.82. The van der Waals surface area contributed by atoms with E-state index in [1.807, 2.05) is 0 Å². The van der Waals surface area contributed by atoms with E-state index in [4.69, 9.17) is 0 Å². The molecular weight excluding hydrogens is 264 g/mol. The van der Waals surface area contributed by atoms with Gasteiger partial charge >= 0.3 is 0 Å². The van der Waals surface area contributed by atoms with Crippen LogP contribution in [0.15, 0.2) is 0 Å². The molecule has 0 spiro atoms. The fourth-order valence-electron chi connectivity index (χ4n) is 3.66. The molecule has 122 valence electrons. The fraction of sp³-hybridized carbons (Fsp3) is 0.941. The quantitative estimate of drug-likeness (QED) is 0.723. The van der Waals surface area contributed by atoms with Crippen LogP contribution in [0.25, 0.3) is 0 Å². The molecule has 4 nitrogen and oxygen atoms in total. The van der Waals surface area contributed by atoms with Crippen molar-refractivity contribution in [3.05, 3.63) is 0 Å². The van der Waals surface area contributed by atoms with Gasteiger partial charge in [0.15, 0.2) is 0 Å². The first-order valence-electron chi connectivity index (χ1n) is 8.82. The van der Waals surface area contributed by atoms with Crippen molar-refractivity contribution in [2.75, 3.05) is 13.1 Å². The highest BCUT2D eigenvalue weighted by Gasteiger charge is 2.33. The van der Waals surface area contributed by atoms with Crippen LogP contribution in [0.3, 0.4) is 0 Å². The maximum atomic E-state index is 12.2. The maximum Gasteiger partial charge on any atom is 0.223 e. The molecular formula is C17H32N2O2. The summed E-state index contributed by atoms with van der Waals surface area (Å²) < 4.78 is 0. The number of likely N-dealkylation sites (tertiary alicyclic amines) is 1. The van der Waals surface area contributed by atoms with E-state index in [9.17, 15) is 9.90 Å². The van der Waals surface area contributed by atoms with Gasteiger partial charge in [0.2, 0.25) is 5.91 Å². The van der Waals surface area contributed by atoms with Crippen LogP contribution in [0, 0.1) is 0 Å². The van der Waals surface area contributed by atoms with Gasteiger partial charge in [-0.25, -0.2) is 0 Å². The molecule has 4 heteroatoms. The molecule has 2 aliphatic rings. The van der Waals surface area contributed by atoms with E-state index in [1.165, 1.54) is 12.8 Å². The number of rotatable bonds is 8. The molecule has 1 saturated heterocycles. The zero-order valence-corrected chi connectivity index (χ0v) is 13.7. The summed E-state index contributed by atoms with van der Waals surface area (Å²) in [4.78, 5) is 14.8. The number of amides is 1. The van der Waals surface area contributed by atoms with Gasteiger partial charge in [0.05, 0.1) is 12.0 Å². The predicted octanol–water partition coefficient (Wildman–Crippen LogP) is 2.45. The van der Waals surface area contributed by atoms with Gasteiger partial charge in [-0.3, -0.25) is 4.79 Å². The van der Waals surface area contributed by atoms with Crippen molar-refractivity contribution in [1.82, 2.24) is 10.2 Å². The van der Waals surface area contributed by atoms with Gasteiger partial charge in [0.25, 0.3) is 0 Å². The van der Waals surface area contributed by atoms with Crippen LogP contribution in [-0.4, -0.2) is 46.7 Å². The van der Waals surface area contributed by atoms with Crippen molar-refractivity contribution >= 4 is 5.91 Å². The summed E-state index contributed by atoms with van der Waals surface area (Å²) >= 11 is 0. The Morgan fingerprint density at radius 2 is 1.71 bits per heavy atom. The van der Waals surface area contributed by atoms with Crippen LogP contribution < -0.4 is 5.32 Å². The lowest BCUT2D eigenvalue weighted by Crippen LogP contribution is -2.47. The van der Waals surface area contributed by atoms with Crippen LogP contribution in [0.2, 0.25) is 0 Å². The van der Waals surface area contributed by atoms with E-state index in [-0.39, 0.29) is 12.3 Å². The van der Waals surface area contributed by atoms with E-state index in [2.05, 4.69) is 24.1 Å². The molecule has 21 heavy (non-hydrogen) atoms. The summed E-state index contributed by atoms with van der Waals surface area (Å²) in [7, 11) is 0. The minimum absolute atomic E-state index is 0.0317. The van der Waals surface area contributed by atoms with Crippen molar-refractivity contribution in [3.63, 3.8) is 0 Å². The van der Waals surface area contributed by atoms with E-state index in [0.29, 0.717) is 18.9 Å². The summed E-state index contributed by atoms with van der Waals surface area (Å²) in [5, 5.41) is 13.7. The van der Waals surface area contributed by atoms with Crippen LogP contribution in [-0.2, 0) is 4.79 Å². The number of nitrogens with zero attached hydrogens (tertiary/aromatic N) is 1. The third-order valence-corrected chi connectivity index (χ3v) is 4.88. The van der Waals surface area contributed by atoms with Gasteiger partial charge in [-0.2, -0.15) is 0 Å². The van der Waals surface area contributed by atoms with Gasteiger partial charge < -0.3 is 15.3 Å². The molecule has 1 aliphatic heterocycles. The lowest BCUT2D eigenvalue weighted by Gasteiger charge is -2.33. The minimum atomic E-state index is -0.803. The third kappa shape index (κ3) is 5.26. The zero-order chi connectivity index (χ0) is 15.3. The summed E-state index contributed by atoms with van der Waals surface area (Å²) in [5.74, 6) is 0.0317. The van der Waals surface area contributed by atoms with Crippen molar-refractivity contribution in [2.24, 2.45) is 0 Å². The smallest absolute Gasteiger partial charge is 0.223 e. The Morgan fingerprint density at radius 3 is 2.19 bits per heavy atom. The average Bonchev–Trinajstić information content (AvgIpc) is 3.24. The Hall–Kier alpha value is -0.610. The van der Waals surface area contributed by atoms with Crippen molar-refractivity contribution in [2.45, 2.75) is 89.3 Å². The first kappa shape index (κ1) is 16.8. The van der Waals surface area contributed by atoms with E-state index < -0.39 is 5.60 Å². The molecule has 1 heterocycles. The Bertz CT molecular complexity index is 328. The topological polar surface area (TPSA) is 52.6 Å². The fourth-order valence-corrected chi connectivity index (χ4v) is 3.66. The van der Waals surface area contributed by atoms with Crippen LogP contribution in [0.4, 0.5) is 0 Å². The second kappa shape index (κ2) is 7.59. The molecule has 2 rings (SSSR count). The van der Waals surface area contributed by atoms with Crippen molar-refractivity contribution in [1.29, 1.82) is 0 Å². The third-order valence-electron chi connectivity index (χ3n) is 4.88. The number of nitrogens with one attached hydrogen (secondary N) is 1. The van der Waals surface area contributed by atoms with Gasteiger partial charge in [-0.15, -0.1) is 0 Å². The Kier molecular flexibility index (Phi) is 6.06.